The van der Waals surface area contributed by atoms with Gasteiger partial charge in [0.1, 0.15) is 11.4 Å². The number of thiophene rings is 1. The predicted molar refractivity (Wildman–Crippen MR) is 64.7 cm³/mol. The Morgan fingerprint density at radius 1 is 1.37 bits per heavy atom. The minimum absolute atomic E-state index is 0.266. The fraction of sp³-hybridized carbons (Fsp3) is 0.417. The first-order chi connectivity index (χ1) is 8.91. The second-order valence-corrected chi connectivity index (χ2v) is 4.91. The van der Waals surface area contributed by atoms with Crippen LogP contribution in [0.4, 0.5) is 17.6 Å². The number of rotatable bonds is 4. The van der Waals surface area contributed by atoms with Gasteiger partial charge in [-0.15, -0.1) is 11.3 Å². The standard InChI is InChI=1S/C12H11F4N2S/c1-18-11(12(14,15)16)6-9(17-18)10-5-8(7-19-10)3-2-4-13/h5-6H,2-4H2,1H3. The summed E-state index contributed by atoms with van der Waals surface area (Å²) in [5, 5.41) is 6.80. The van der Waals surface area contributed by atoms with Crippen LogP contribution in [0.2, 0.25) is 0 Å². The Balaban J connectivity index is 2.25. The maximum absolute atomic E-state index is 12.6. The molecule has 0 unspecified atom stereocenters. The van der Waals surface area contributed by atoms with Crippen LogP contribution in [0.5, 0.6) is 0 Å². The van der Waals surface area contributed by atoms with Gasteiger partial charge in [0.25, 0.3) is 0 Å². The van der Waals surface area contributed by atoms with Crippen molar-refractivity contribution in [2.24, 2.45) is 7.05 Å². The van der Waals surface area contributed by atoms with Crippen LogP contribution in [0.3, 0.4) is 0 Å². The molecule has 0 saturated carbocycles. The number of halogens is 4. The van der Waals surface area contributed by atoms with E-state index in [2.05, 4.69) is 10.5 Å². The van der Waals surface area contributed by atoms with Gasteiger partial charge in [-0.1, -0.05) is 0 Å². The second-order valence-electron chi connectivity index (χ2n) is 4.07. The highest BCUT2D eigenvalue weighted by atomic mass is 32.1. The lowest BCUT2D eigenvalue weighted by Crippen LogP contribution is -2.11. The maximum Gasteiger partial charge on any atom is 0.433 e. The zero-order valence-corrected chi connectivity index (χ0v) is 10.9. The number of alkyl halides is 4. The van der Waals surface area contributed by atoms with E-state index in [1.807, 2.05) is 0 Å². The number of nitrogens with zero attached hydrogens (tertiary/aromatic N) is 2. The van der Waals surface area contributed by atoms with Crippen molar-refractivity contribution in [2.75, 3.05) is 6.67 Å². The molecule has 0 fully saturated rings. The molecular weight excluding hydrogens is 280 g/mol. The maximum atomic E-state index is 12.6. The molecule has 0 spiro atoms. The molecule has 103 valence electrons. The van der Waals surface area contributed by atoms with E-state index in [0.717, 1.165) is 16.3 Å². The molecule has 0 saturated heterocycles. The summed E-state index contributed by atoms with van der Waals surface area (Å²) in [6, 6.07) is 2.72. The normalized spacial score (nSPS) is 12.1. The van der Waals surface area contributed by atoms with Gasteiger partial charge in [-0.05, 0) is 30.5 Å². The van der Waals surface area contributed by atoms with Crippen molar-refractivity contribution < 1.29 is 17.6 Å². The van der Waals surface area contributed by atoms with Crippen molar-refractivity contribution in [1.29, 1.82) is 0 Å². The van der Waals surface area contributed by atoms with E-state index in [1.165, 1.54) is 18.4 Å². The molecule has 0 aliphatic heterocycles. The van der Waals surface area contributed by atoms with E-state index < -0.39 is 18.5 Å². The van der Waals surface area contributed by atoms with Gasteiger partial charge in [0.15, 0.2) is 0 Å². The number of hydrogen-bond acceptors (Lipinski definition) is 2. The van der Waals surface area contributed by atoms with Gasteiger partial charge in [0.2, 0.25) is 0 Å². The van der Waals surface area contributed by atoms with Gasteiger partial charge in [0, 0.05) is 12.4 Å². The molecule has 0 atom stereocenters. The SMILES string of the molecule is Cn1nc(-c2cc(CCCF)[c]s2)cc1C(F)(F)F. The lowest BCUT2D eigenvalue weighted by molar-refractivity contribution is -0.143. The number of aromatic nitrogens is 2. The summed E-state index contributed by atoms with van der Waals surface area (Å²) in [7, 11) is 1.26. The molecule has 1 radical (unpaired) electrons. The van der Waals surface area contributed by atoms with Crippen LogP contribution in [-0.4, -0.2) is 16.5 Å². The highest BCUT2D eigenvalue weighted by molar-refractivity contribution is 7.13. The van der Waals surface area contributed by atoms with Gasteiger partial charge >= 0.3 is 6.18 Å². The summed E-state index contributed by atoms with van der Waals surface area (Å²) in [5.41, 5.74) is 0.278. The first-order valence-corrected chi connectivity index (χ1v) is 6.41. The molecule has 2 aromatic heterocycles. The highest BCUT2D eigenvalue weighted by Crippen LogP contribution is 2.33. The van der Waals surface area contributed by atoms with Crippen molar-refractivity contribution in [1.82, 2.24) is 9.78 Å². The third kappa shape index (κ3) is 3.15. The fourth-order valence-corrected chi connectivity index (χ4v) is 2.50. The van der Waals surface area contributed by atoms with Gasteiger partial charge in [-0.3, -0.25) is 9.07 Å². The van der Waals surface area contributed by atoms with E-state index in [9.17, 15) is 17.6 Å². The Kier molecular flexibility index (Phi) is 3.93. The molecule has 2 aromatic rings. The summed E-state index contributed by atoms with van der Waals surface area (Å²) >= 11 is 1.20. The Labute approximate surface area is 111 Å². The zero-order chi connectivity index (χ0) is 14.0. The van der Waals surface area contributed by atoms with Crippen molar-refractivity contribution in [2.45, 2.75) is 19.0 Å². The Morgan fingerprint density at radius 3 is 2.68 bits per heavy atom. The predicted octanol–water partition coefficient (Wildman–Crippen LogP) is 3.87. The Bertz CT molecular complexity index is 556. The van der Waals surface area contributed by atoms with Crippen molar-refractivity contribution in [3.05, 3.63) is 28.8 Å². The van der Waals surface area contributed by atoms with Gasteiger partial charge in [-0.25, -0.2) is 0 Å². The van der Waals surface area contributed by atoms with Crippen LogP contribution in [0.15, 0.2) is 12.1 Å². The molecule has 19 heavy (non-hydrogen) atoms. The van der Waals surface area contributed by atoms with Crippen LogP contribution in [0.25, 0.3) is 10.6 Å². The van der Waals surface area contributed by atoms with Crippen LogP contribution in [-0.2, 0) is 19.6 Å². The van der Waals surface area contributed by atoms with E-state index >= 15 is 0 Å². The summed E-state index contributed by atoms with van der Waals surface area (Å²) in [5.74, 6) is 0. The van der Waals surface area contributed by atoms with Gasteiger partial charge in [-0.2, -0.15) is 18.3 Å². The minimum Gasteiger partial charge on any atom is -0.263 e. The molecule has 0 bridgehead atoms. The van der Waals surface area contributed by atoms with E-state index in [-0.39, 0.29) is 5.69 Å². The van der Waals surface area contributed by atoms with Crippen LogP contribution in [0, 0.1) is 5.38 Å². The van der Waals surface area contributed by atoms with Crippen LogP contribution < -0.4 is 0 Å². The molecule has 0 aromatic carbocycles. The smallest absolute Gasteiger partial charge is 0.263 e. The molecule has 2 rings (SSSR count). The van der Waals surface area contributed by atoms with E-state index in [1.54, 1.807) is 6.07 Å². The Morgan fingerprint density at radius 2 is 2.11 bits per heavy atom. The molecule has 7 heteroatoms. The largest absolute Gasteiger partial charge is 0.433 e. The average Bonchev–Trinajstić information content (AvgIpc) is 2.91. The lowest BCUT2D eigenvalue weighted by atomic mass is 10.2. The Hall–Kier alpha value is -1.37. The number of aryl methyl sites for hydroxylation is 2. The monoisotopic (exact) mass is 291 g/mol. The molecule has 0 N–H and O–H groups in total. The minimum atomic E-state index is -4.42. The van der Waals surface area contributed by atoms with Crippen molar-refractivity contribution in [3.8, 4) is 10.6 Å². The van der Waals surface area contributed by atoms with Gasteiger partial charge in [0.05, 0.1) is 11.6 Å². The third-order valence-electron chi connectivity index (χ3n) is 2.60. The highest BCUT2D eigenvalue weighted by Gasteiger charge is 2.35. The number of hydrogen-bond donors (Lipinski definition) is 0. The van der Waals surface area contributed by atoms with E-state index in [0.29, 0.717) is 17.7 Å². The topological polar surface area (TPSA) is 17.8 Å². The van der Waals surface area contributed by atoms with E-state index in [4.69, 9.17) is 0 Å². The second kappa shape index (κ2) is 5.32. The average molecular weight is 291 g/mol. The summed E-state index contributed by atoms with van der Waals surface area (Å²) in [6.45, 7) is -0.416. The molecular formula is C12H11F4N2S. The quantitative estimate of drug-likeness (QED) is 0.782. The fourth-order valence-electron chi connectivity index (χ4n) is 1.70. The summed E-state index contributed by atoms with van der Waals surface area (Å²) in [6.07, 6.45) is -3.49. The summed E-state index contributed by atoms with van der Waals surface area (Å²) < 4.78 is 50.8. The summed E-state index contributed by atoms with van der Waals surface area (Å²) in [4.78, 5) is 0.611. The molecule has 2 heterocycles. The van der Waals surface area contributed by atoms with Crippen molar-refractivity contribution >= 4 is 11.3 Å². The van der Waals surface area contributed by atoms with Crippen LogP contribution in [0.1, 0.15) is 17.7 Å². The van der Waals surface area contributed by atoms with Gasteiger partial charge < -0.3 is 0 Å². The molecule has 0 amide bonds. The zero-order valence-electron chi connectivity index (χ0n) is 10.1. The van der Waals surface area contributed by atoms with Crippen molar-refractivity contribution in [3.63, 3.8) is 0 Å². The molecule has 2 nitrogen and oxygen atoms in total. The lowest BCUT2D eigenvalue weighted by Gasteiger charge is -2.04. The molecule has 0 aliphatic rings. The van der Waals surface area contributed by atoms with Crippen LogP contribution >= 0.6 is 11.3 Å². The first kappa shape index (κ1) is 14.0. The molecule has 0 aliphatic carbocycles. The first-order valence-electron chi connectivity index (χ1n) is 5.60. The third-order valence-corrected chi connectivity index (χ3v) is 3.51.